The Balaban J connectivity index is 1.34. The highest BCUT2D eigenvalue weighted by Crippen LogP contribution is 2.45. The number of fused-ring (bicyclic) bond motifs is 1. The lowest BCUT2D eigenvalue weighted by atomic mass is 9.83. The molecule has 0 fully saturated rings. The van der Waals surface area contributed by atoms with Crippen LogP contribution in [0.15, 0.2) is 90.3 Å². The number of rotatable bonds is 9. The van der Waals surface area contributed by atoms with Crippen LogP contribution in [0.5, 0.6) is 28.7 Å². The second-order valence-electron chi connectivity index (χ2n) is 9.96. The van der Waals surface area contributed by atoms with Gasteiger partial charge in [-0.3, -0.25) is 0 Å². The topological polar surface area (TPSA) is 113 Å². The first-order valence-electron chi connectivity index (χ1n) is 13.4. The lowest BCUT2D eigenvalue weighted by Gasteiger charge is -2.27. The molecule has 4 aromatic carbocycles. The average Bonchev–Trinajstić information content (AvgIpc) is 3.00. The van der Waals surface area contributed by atoms with Crippen LogP contribution < -0.4 is 29.4 Å². The van der Waals surface area contributed by atoms with E-state index in [-0.39, 0.29) is 36.2 Å². The number of benzene rings is 4. The Hall–Kier alpha value is -5.49. The number of allylic oxidation sites excluding steroid dienone is 1. The fraction of sp³-hybridized carbons (Fsp3) is 0.176. The Morgan fingerprint density at radius 3 is 2.42 bits per heavy atom. The highest BCUT2D eigenvalue weighted by molar-refractivity contribution is 5.74. The molecule has 4 aromatic rings. The number of esters is 1. The maximum atomic E-state index is 13.2. The van der Waals surface area contributed by atoms with E-state index in [4.69, 9.17) is 29.4 Å². The molecule has 218 valence electrons. The van der Waals surface area contributed by atoms with Gasteiger partial charge < -0.3 is 29.4 Å². The summed E-state index contributed by atoms with van der Waals surface area (Å²) in [7, 11) is 1.52. The van der Waals surface area contributed by atoms with Gasteiger partial charge in [0, 0.05) is 11.6 Å². The second kappa shape index (κ2) is 12.6. The van der Waals surface area contributed by atoms with E-state index < -0.39 is 11.9 Å². The number of nitrogens with two attached hydrogens (primary N) is 1. The largest absolute Gasteiger partial charge is 0.493 e. The lowest BCUT2D eigenvalue weighted by molar-refractivity contribution is -0.136. The Bertz CT molecular complexity index is 1740. The Morgan fingerprint density at radius 1 is 0.930 bits per heavy atom. The third-order valence-corrected chi connectivity index (χ3v) is 7.09. The van der Waals surface area contributed by atoms with Crippen LogP contribution in [0.25, 0.3) is 0 Å². The fourth-order valence-corrected chi connectivity index (χ4v) is 4.67. The van der Waals surface area contributed by atoms with Crippen LogP contribution >= 0.6 is 0 Å². The van der Waals surface area contributed by atoms with Crippen molar-refractivity contribution in [2.75, 3.05) is 13.7 Å². The quantitative estimate of drug-likeness (QED) is 0.183. The number of hydrogen-bond acceptors (Lipinski definition) is 8. The van der Waals surface area contributed by atoms with Gasteiger partial charge >= 0.3 is 5.97 Å². The fourth-order valence-electron chi connectivity index (χ4n) is 4.67. The lowest BCUT2D eigenvalue weighted by Crippen LogP contribution is -2.22. The van der Waals surface area contributed by atoms with Crippen molar-refractivity contribution in [1.29, 1.82) is 5.26 Å². The van der Waals surface area contributed by atoms with E-state index in [0.717, 1.165) is 16.7 Å². The van der Waals surface area contributed by atoms with Gasteiger partial charge in [-0.1, -0.05) is 30.3 Å². The van der Waals surface area contributed by atoms with Crippen molar-refractivity contribution in [2.45, 2.75) is 26.4 Å². The van der Waals surface area contributed by atoms with Gasteiger partial charge in [0.25, 0.3) is 0 Å². The highest BCUT2D eigenvalue weighted by atomic mass is 19.1. The van der Waals surface area contributed by atoms with E-state index in [9.17, 15) is 14.4 Å². The molecule has 0 radical (unpaired) electrons. The van der Waals surface area contributed by atoms with Gasteiger partial charge in [-0.15, -0.1) is 0 Å². The number of methoxy groups -OCH3 is 1. The molecule has 0 bridgehead atoms. The van der Waals surface area contributed by atoms with Gasteiger partial charge in [0.1, 0.15) is 41.3 Å². The number of nitrogens with zero attached hydrogens (tertiary/aromatic N) is 1. The second-order valence-corrected chi connectivity index (χ2v) is 9.96. The smallest absolute Gasteiger partial charge is 0.349 e. The zero-order valence-electron chi connectivity index (χ0n) is 23.8. The highest BCUT2D eigenvalue weighted by Gasteiger charge is 2.32. The number of carbonyl (C=O) groups is 1. The number of carbonyl (C=O) groups excluding carboxylic acids is 1. The molecule has 0 saturated heterocycles. The first-order valence-corrected chi connectivity index (χ1v) is 13.4. The molecule has 1 atom stereocenters. The standard InChI is InChI=1S/C34H29FN2O6/c1-20-4-10-25(14-21(20)2)40-19-32(38)42-26-11-12-27-30(16-26)43-34(37)28(17-36)33(27)23-7-13-29(31(15-23)39-3)41-18-22-5-8-24(35)9-6-22/h4-16,33H,18-19,37H2,1-3H3. The summed E-state index contributed by atoms with van der Waals surface area (Å²) in [5.41, 5.74) is 10.7. The molecule has 0 aromatic heterocycles. The molecular weight excluding hydrogens is 551 g/mol. The van der Waals surface area contributed by atoms with Crippen LogP contribution in [0.4, 0.5) is 4.39 Å². The monoisotopic (exact) mass is 580 g/mol. The third-order valence-electron chi connectivity index (χ3n) is 7.09. The van der Waals surface area contributed by atoms with E-state index in [1.165, 1.54) is 19.2 Å². The molecule has 0 amide bonds. The van der Waals surface area contributed by atoms with Crippen molar-refractivity contribution in [2.24, 2.45) is 5.73 Å². The van der Waals surface area contributed by atoms with Gasteiger partial charge in [0.15, 0.2) is 18.1 Å². The van der Waals surface area contributed by atoms with E-state index in [1.54, 1.807) is 48.5 Å². The van der Waals surface area contributed by atoms with Crippen LogP contribution in [0, 0.1) is 31.0 Å². The first-order chi connectivity index (χ1) is 20.7. The number of halogens is 1. The normalized spacial score (nSPS) is 13.8. The van der Waals surface area contributed by atoms with Crippen molar-refractivity contribution >= 4 is 5.97 Å². The van der Waals surface area contributed by atoms with Crippen LogP contribution in [0.1, 0.15) is 33.7 Å². The molecule has 0 saturated carbocycles. The van der Waals surface area contributed by atoms with Crippen LogP contribution in [0.2, 0.25) is 0 Å². The predicted molar refractivity (Wildman–Crippen MR) is 157 cm³/mol. The van der Waals surface area contributed by atoms with Gasteiger partial charge in [0.2, 0.25) is 5.88 Å². The molecular formula is C34H29FN2O6. The predicted octanol–water partition coefficient (Wildman–Crippen LogP) is 6.23. The minimum absolute atomic E-state index is 0.0582. The van der Waals surface area contributed by atoms with Crippen molar-refractivity contribution in [3.05, 3.63) is 124 Å². The van der Waals surface area contributed by atoms with Gasteiger partial charge in [0.05, 0.1) is 13.0 Å². The first kappa shape index (κ1) is 29.0. The van der Waals surface area contributed by atoms with Crippen LogP contribution in [-0.2, 0) is 11.4 Å². The molecule has 1 heterocycles. The van der Waals surface area contributed by atoms with E-state index in [2.05, 4.69) is 6.07 Å². The van der Waals surface area contributed by atoms with Gasteiger partial charge in [-0.05, 0) is 78.6 Å². The minimum Gasteiger partial charge on any atom is -0.493 e. The Labute approximate surface area is 248 Å². The summed E-state index contributed by atoms with van der Waals surface area (Å²) in [6.45, 7) is 3.89. The molecule has 9 heteroatoms. The zero-order chi connectivity index (χ0) is 30.5. The maximum Gasteiger partial charge on any atom is 0.349 e. The van der Waals surface area contributed by atoms with Gasteiger partial charge in [-0.2, -0.15) is 5.26 Å². The number of aryl methyl sites for hydroxylation is 2. The Kier molecular flexibility index (Phi) is 8.49. The van der Waals surface area contributed by atoms with E-state index in [0.29, 0.717) is 34.1 Å². The summed E-state index contributed by atoms with van der Waals surface area (Å²) in [5.74, 6) is 0.522. The van der Waals surface area contributed by atoms with Crippen molar-refractivity contribution in [1.82, 2.24) is 0 Å². The van der Waals surface area contributed by atoms with Crippen LogP contribution in [-0.4, -0.2) is 19.7 Å². The average molecular weight is 581 g/mol. The molecule has 1 aliphatic heterocycles. The van der Waals surface area contributed by atoms with E-state index >= 15 is 0 Å². The Morgan fingerprint density at radius 2 is 1.70 bits per heavy atom. The summed E-state index contributed by atoms with van der Waals surface area (Å²) in [5, 5.41) is 9.95. The molecule has 1 unspecified atom stereocenters. The van der Waals surface area contributed by atoms with Crippen molar-refractivity contribution < 1.29 is 32.9 Å². The summed E-state index contributed by atoms with van der Waals surface area (Å²) in [6, 6.07) is 24.0. The number of ether oxygens (including phenoxy) is 5. The molecule has 0 spiro atoms. The zero-order valence-corrected chi connectivity index (χ0v) is 23.8. The van der Waals surface area contributed by atoms with Crippen molar-refractivity contribution in [3.8, 4) is 34.8 Å². The summed E-state index contributed by atoms with van der Waals surface area (Å²) in [4.78, 5) is 12.5. The maximum absolute atomic E-state index is 13.2. The summed E-state index contributed by atoms with van der Waals surface area (Å²) < 4.78 is 41.6. The number of hydrogen-bond donors (Lipinski definition) is 1. The summed E-state index contributed by atoms with van der Waals surface area (Å²) >= 11 is 0. The molecule has 5 rings (SSSR count). The molecule has 1 aliphatic rings. The summed E-state index contributed by atoms with van der Waals surface area (Å²) in [6.07, 6.45) is 0. The molecule has 43 heavy (non-hydrogen) atoms. The SMILES string of the molecule is COc1cc(C2C(C#N)=C(N)Oc3cc(OC(=O)COc4ccc(C)c(C)c4)ccc32)ccc1OCc1ccc(F)cc1. The number of nitriles is 1. The van der Waals surface area contributed by atoms with E-state index in [1.807, 2.05) is 32.0 Å². The molecule has 0 aliphatic carbocycles. The minimum atomic E-state index is -0.590. The van der Waals surface area contributed by atoms with Gasteiger partial charge in [-0.25, -0.2) is 9.18 Å². The third kappa shape index (κ3) is 6.54. The molecule has 2 N–H and O–H groups in total. The van der Waals surface area contributed by atoms with Crippen molar-refractivity contribution in [3.63, 3.8) is 0 Å². The van der Waals surface area contributed by atoms with Crippen LogP contribution in [0.3, 0.4) is 0 Å². The molecule has 8 nitrogen and oxygen atoms in total.